The maximum Gasteiger partial charge on any atom is 0.169 e. The second-order valence-electron chi connectivity index (χ2n) is 6.13. The van der Waals surface area contributed by atoms with Crippen LogP contribution in [0.1, 0.15) is 20.8 Å². The lowest BCUT2D eigenvalue weighted by Crippen LogP contribution is -2.55. The molecule has 20 heavy (non-hydrogen) atoms. The SMILES string of the molecule is CC(C)(C)NC(=S)N1CCN(c2ccc(F)cc2)CC1. The molecular weight excluding hydrogens is 273 g/mol. The zero-order chi connectivity index (χ0) is 14.8. The van der Waals surface area contributed by atoms with E-state index in [1.54, 1.807) is 0 Å². The van der Waals surface area contributed by atoms with E-state index in [0.29, 0.717) is 0 Å². The lowest BCUT2D eigenvalue weighted by molar-refractivity contribution is 0.363. The summed E-state index contributed by atoms with van der Waals surface area (Å²) < 4.78 is 12.9. The molecule has 3 nitrogen and oxygen atoms in total. The van der Waals surface area contributed by atoms with Crippen LogP contribution < -0.4 is 10.2 Å². The molecule has 0 aliphatic carbocycles. The molecule has 0 atom stereocenters. The number of rotatable bonds is 1. The van der Waals surface area contributed by atoms with Crippen molar-refractivity contribution in [1.82, 2.24) is 10.2 Å². The first kappa shape index (κ1) is 15.0. The molecule has 1 heterocycles. The third kappa shape index (κ3) is 4.07. The van der Waals surface area contributed by atoms with Crippen LogP contribution in [-0.2, 0) is 0 Å². The van der Waals surface area contributed by atoms with Gasteiger partial charge < -0.3 is 15.1 Å². The fourth-order valence-corrected chi connectivity index (χ4v) is 2.71. The highest BCUT2D eigenvalue weighted by Crippen LogP contribution is 2.17. The van der Waals surface area contributed by atoms with Crippen LogP contribution in [-0.4, -0.2) is 41.7 Å². The summed E-state index contributed by atoms with van der Waals surface area (Å²) >= 11 is 5.44. The van der Waals surface area contributed by atoms with Crippen LogP contribution in [0.2, 0.25) is 0 Å². The summed E-state index contributed by atoms with van der Waals surface area (Å²) in [6, 6.07) is 6.68. The molecule has 0 unspecified atom stereocenters. The number of nitrogens with one attached hydrogen (secondary N) is 1. The Kier molecular flexibility index (Phi) is 4.48. The topological polar surface area (TPSA) is 18.5 Å². The molecule has 0 amide bonds. The van der Waals surface area contributed by atoms with Gasteiger partial charge in [-0.15, -0.1) is 0 Å². The highest BCUT2D eigenvalue weighted by atomic mass is 32.1. The van der Waals surface area contributed by atoms with E-state index in [0.717, 1.165) is 37.0 Å². The smallest absolute Gasteiger partial charge is 0.169 e. The lowest BCUT2D eigenvalue weighted by atomic mass is 10.1. The van der Waals surface area contributed by atoms with Gasteiger partial charge in [0.1, 0.15) is 5.82 Å². The van der Waals surface area contributed by atoms with Crippen molar-refractivity contribution in [2.24, 2.45) is 0 Å². The lowest BCUT2D eigenvalue weighted by Gasteiger charge is -2.39. The Morgan fingerprint density at radius 2 is 1.65 bits per heavy atom. The number of piperazine rings is 1. The maximum absolute atomic E-state index is 12.9. The third-order valence-electron chi connectivity index (χ3n) is 3.24. The van der Waals surface area contributed by atoms with Crippen LogP contribution in [0.4, 0.5) is 10.1 Å². The molecule has 1 saturated heterocycles. The van der Waals surface area contributed by atoms with Gasteiger partial charge in [0, 0.05) is 37.4 Å². The Morgan fingerprint density at radius 1 is 1.10 bits per heavy atom. The molecule has 1 aromatic carbocycles. The largest absolute Gasteiger partial charge is 0.368 e. The Bertz CT molecular complexity index is 459. The van der Waals surface area contributed by atoms with Gasteiger partial charge in [0.2, 0.25) is 0 Å². The molecule has 0 bridgehead atoms. The monoisotopic (exact) mass is 295 g/mol. The van der Waals surface area contributed by atoms with Crippen molar-refractivity contribution in [1.29, 1.82) is 0 Å². The van der Waals surface area contributed by atoms with Crippen LogP contribution in [0.15, 0.2) is 24.3 Å². The molecule has 110 valence electrons. The van der Waals surface area contributed by atoms with Crippen molar-refractivity contribution in [3.63, 3.8) is 0 Å². The first-order valence-electron chi connectivity index (χ1n) is 6.93. The molecule has 1 N–H and O–H groups in total. The van der Waals surface area contributed by atoms with E-state index in [9.17, 15) is 4.39 Å². The van der Waals surface area contributed by atoms with Gasteiger partial charge in [0.15, 0.2) is 5.11 Å². The molecule has 1 aliphatic rings. The minimum atomic E-state index is -0.192. The minimum absolute atomic E-state index is 0.00876. The summed E-state index contributed by atoms with van der Waals surface area (Å²) in [6.45, 7) is 9.89. The molecule has 1 aromatic rings. The van der Waals surface area contributed by atoms with Crippen molar-refractivity contribution < 1.29 is 4.39 Å². The molecule has 0 saturated carbocycles. The summed E-state index contributed by atoms with van der Waals surface area (Å²) in [5.74, 6) is -0.192. The van der Waals surface area contributed by atoms with Gasteiger partial charge in [0.05, 0.1) is 0 Å². The van der Waals surface area contributed by atoms with Gasteiger partial charge >= 0.3 is 0 Å². The van der Waals surface area contributed by atoms with Gasteiger partial charge in [-0.25, -0.2) is 4.39 Å². The molecule has 1 fully saturated rings. The van der Waals surface area contributed by atoms with E-state index in [2.05, 4.69) is 35.9 Å². The number of halogens is 1. The summed E-state index contributed by atoms with van der Waals surface area (Å²) in [5, 5.41) is 4.16. The Morgan fingerprint density at radius 3 is 2.15 bits per heavy atom. The van der Waals surface area contributed by atoms with Crippen molar-refractivity contribution in [2.45, 2.75) is 26.3 Å². The molecule has 0 aromatic heterocycles. The Balaban J connectivity index is 1.89. The molecule has 0 spiro atoms. The van der Waals surface area contributed by atoms with Crippen LogP contribution in [0.5, 0.6) is 0 Å². The van der Waals surface area contributed by atoms with E-state index < -0.39 is 0 Å². The number of benzene rings is 1. The van der Waals surface area contributed by atoms with Crippen LogP contribution >= 0.6 is 12.2 Å². The van der Waals surface area contributed by atoms with Gasteiger partial charge in [-0.3, -0.25) is 0 Å². The predicted octanol–water partition coefficient (Wildman–Crippen LogP) is 2.62. The number of nitrogens with zero attached hydrogens (tertiary/aromatic N) is 2. The molecule has 2 rings (SSSR count). The average molecular weight is 295 g/mol. The van der Waals surface area contributed by atoms with E-state index in [1.165, 1.54) is 12.1 Å². The molecular formula is C15H22FN3S. The first-order valence-corrected chi connectivity index (χ1v) is 7.33. The molecule has 0 radical (unpaired) electrons. The van der Waals surface area contributed by atoms with E-state index in [1.807, 2.05) is 12.1 Å². The maximum atomic E-state index is 12.9. The number of hydrogen-bond acceptors (Lipinski definition) is 2. The average Bonchev–Trinajstić information content (AvgIpc) is 2.38. The van der Waals surface area contributed by atoms with Crippen molar-refractivity contribution in [3.05, 3.63) is 30.1 Å². The molecule has 1 aliphatic heterocycles. The second kappa shape index (κ2) is 5.95. The van der Waals surface area contributed by atoms with Crippen LogP contribution in [0, 0.1) is 5.82 Å². The Hall–Kier alpha value is -1.36. The van der Waals surface area contributed by atoms with Gasteiger partial charge in [-0.2, -0.15) is 0 Å². The normalized spacial score (nSPS) is 16.2. The summed E-state index contributed by atoms with van der Waals surface area (Å²) in [7, 11) is 0. The van der Waals surface area contributed by atoms with Gasteiger partial charge in [-0.05, 0) is 57.3 Å². The predicted molar refractivity (Wildman–Crippen MR) is 85.7 cm³/mol. The van der Waals surface area contributed by atoms with Crippen molar-refractivity contribution in [3.8, 4) is 0 Å². The van der Waals surface area contributed by atoms with Gasteiger partial charge in [0.25, 0.3) is 0 Å². The summed E-state index contributed by atoms with van der Waals surface area (Å²) in [6.07, 6.45) is 0. The Labute approximate surface area is 125 Å². The fraction of sp³-hybridized carbons (Fsp3) is 0.533. The minimum Gasteiger partial charge on any atom is -0.368 e. The zero-order valence-electron chi connectivity index (χ0n) is 12.3. The van der Waals surface area contributed by atoms with Crippen LogP contribution in [0.3, 0.4) is 0 Å². The highest BCUT2D eigenvalue weighted by Gasteiger charge is 2.21. The number of anilines is 1. The first-order chi connectivity index (χ1) is 9.35. The van der Waals surface area contributed by atoms with Crippen LogP contribution in [0.25, 0.3) is 0 Å². The van der Waals surface area contributed by atoms with E-state index in [-0.39, 0.29) is 11.4 Å². The number of thiocarbonyl (C=S) groups is 1. The quantitative estimate of drug-likeness (QED) is 0.803. The summed E-state index contributed by atoms with van der Waals surface area (Å²) in [5.41, 5.74) is 1.06. The van der Waals surface area contributed by atoms with Crippen molar-refractivity contribution in [2.75, 3.05) is 31.1 Å². The number of hydrogen-bond donors (Lipinski definition) is 1. The standard InChI is InChI=1S/C15H22FN3S/c1-15(2,3)17-14(20)19-10-8-18(9-11-19)13-6-4-12(16)5-7-13/h4-7H,8-11H2,1-3H3,(H,17,20). The van der Waals surface area contributed by atoms with E-state index >= 15 is 0 Å². The third-order valence-corrected chi connectivity index (χ3v) is 3.60. The highest BCUT2D eigenvalue weighted by molar-refractivity contribution is 7.80. The van der Waals surface area contributed by atoms with E-state index in [4.69, 9.17) is 12.2 Å². The second-order valence-corrected chi connectivity index (χ2v) is 6.52. The zero-order valence-corrected chi connectivity index (χ0v) is 13.1. The van der Waals surface area contributed by atoms with Crippen molar-refractivity contribution >= 4 is 23.0 Å². The summed E-state index contributed by atoms with van der Waals surface area (Å²) in [4.78, 5) is 4.45. The molecule has 5 heteroatoms. The van der Waals surface area contributed by atoms with Gasteiger partial charge in [-0.1, -0.05) is 0 Å². The fourth-order valence-electron chi connectivity index (χ4n) is 2.22.